The van der Waals surface area contributed by atoms with Gasteiger partial charge in [-0.1, -0.05) is 214 Å². The first kappa shape index (κ1) is 52.0. The van der Waals surface area contributed by atoms with Crippen molar-refractivity contribution in [2.24, 2.45) is 0 Å². The quantitative estimate of drug-likeness (QED) is 0.159. The molecule has 1 saturated carbocycles. The summed E-state index contributed by atoms with van der Waals surface area (Å²) in [5.41, 5.74) is 25.1. The first-order chi connectivity index (χ1) is 36.8. The molecule has 78 heavy (non-hydrogen) atoms. The molecule has 8 aromatic carbocycles. The Bertz CT molecular complexity index is 3700. The summed E-state index contributed by atoms with van der Waals surface area (Å²) in [6.45, 7) is 35.1. The number of hydrogen-bond acceptors (Lipinski definition) is 2. The summed E-state index contributed by atoms with van der Waals surface area (Å²) in [7, 11) is 0. The first-order valence-corrected chi connectivity index (χ1v) is 29.3. The lowest BCUT2D eigenvalue weighted by atomic mass is 9.29. The third-order valence-corrected chi connectivity index (χ3v) is 18.2. The fraction of sp³-hybridized carbons (Fsp3) is 0.351. The summed E-state index contributed by atoms with van der Waals surface area (Å²) in [5.74, 6) is 0. The highest BCUT2D eigenvalue weighted by atomic mass is 15.2. The number of rotatable bonds is 5. The summed E-state index contributed by atoms with van der Waals surface area (Å²) in [4.78, 5) is 5.25. The summed E-state index contributed by atoms with van der Waals surface area (Å²) in [5, 5.41) is 2.58. The van der Waals surface area contributed by atoms with Crippen molar-refractivity contribution in [1.29, 1.82) is 0 Å². The van der Waals surface area contributed by atoms with Crippen molar-refractivity contribution in [2.45, 2.75) is 168 Å². The number of aromatic nitrogens is 1. The SMILES string of the molecule is CC(C)(C)c1ccc(N(c2ccc(C(C)(C)C)cc2)c2ccc3c(c2)C2(CCCCC2)c2cc(C(C)(C)C)cc4c2B3c2ccc3c(c2N4c2ccc(C(C)(C)C)cc2)c2ccccc2n3-c2ccc(C(C)(C)C)cc2)cc1. The average molecular weight is 1020 g/mol. The number of anilines is 6. The molecule has 1 aromatic heterocycles. The normalized spacial score (nSPS) is 15.4. The van der Waals surface area contributed by atoms with E-state index in [1.54, 1.807) is 5.56 Å². The highest BCUT2D eigenvalue weighted by Gasteiger charge is 2.51. The molecule has 3 nitrogen and oxygen atoms in total. The monoisotopic (exact) mass is 1020 g/mol. The Hall–Kier alpha value is -6.78. The molecule has 1 spiro atoms. The topological polar surface area (TPSA) is 11.4 Å². The number of fused-ring (bicyclic) bond motifs is 10. The van der Waals surface area contributed by atoms with Crippen LogP contribution in [0.5, 0.6) is 0 Å². The zero-order chi connectivity index (χ0) is 55.1. The van der Waals surface area contributed by atoms with Gasteiger partial charge in [-0.3, -0.25) is 0 Å². The lowest BCUT2D eigenvalue weighted by Crippen LogP contribution is -2.65. The van der Waals surface area contributed by atoms with Crippen LogP contribution < -0.4 is 26.2 Å². The van der Waals surface area contributed by atoms with Crippen molar-refractivity contribution in [1.82, 2.24) is 4.57 Å². The Morgan fingerprint density at radius 2 is 0.885 bits per heavy atom. The lowest BCUT2D eigenvalue weighted by Gasteiger charge is -2.50. The van der Waals surface area contributed by atoms with Gasteiger partial charge in [0.25, 0.3) is 0 Å². The van der Waals surface area contributed by atoms with Crippen molar-refractivity contribution in [3.63, 3.8) is 0 Å². The molecule has 0 saturated heterocycles. The smallest absolute Gasteiger partial charge is 0.247 e. The van der Waals surface area contributed by atoms with Gasteiger partial charge in [0, 0.05) is 50.3 Å². The molecule has 0 amide bonds. The van der Waals surface area contributed by atoms with E-state index < -0.39 is 0 Å². The van der Waals surface area contributed by atoms with Crippen molar-refractivity contribution in [3.05, 3.63) is 203 Å². The molecular weight excluding hydrogens is 942 g/mol. The largest absolute Gasteiger partial charge is 0.311 e. The second-order valence-electron chi connectivity index (χ2n) is 28.7. The maximum absolute atomic E-state index is 2.72. The Labute approximate surface area is 467 Å². The Morgan fingerprint density at radius 1 is 0.410 bits per heavy atom. The molecule has 12 rings (SSSR count). The van der Waals surface area contributed by atoms with Gasteiger partial charge in [-0.15, -0.1) is 0 Å². The molecular formula is C74H82BN3. The van der Waals surface area contributed by atoms with Gasteiger partial charge < -0.3 is 14.4 Å². The van der Waals surface area contributed by atoms with Crippen molar-refractivity contribution < 1.29 is 0 Å². The van der Waals surface area contributed by atoms with E-state index in [9.17, 15) is 0 Å². The molecule has 0 N–H and O–H groups in total. The van der Waals surface area contributed by atoms with E-state index in [0.717, 1.165) is 12.8 Å². The van der Waals surface area contributed by atoms with Crippen LogP contribution in [0, 0.1) is 0 Å². The Morgan fingerprint density at radius 3 is 1.41 bits per heavy atom. The highest BCUT2D eigenvalue weighted by molar-refractivity contribution is 6.99. The van der Waals surface area contributed by atoms with E-state index in [2.05, 4.69) is 282 Å². The molecule has 0 radical (unpaired) electrons. The van der Waals surface area contributed by atoms with Gasteiger partial charge in [0.15, 0.2) is 0 Å². The number of hydrogen-bond donors (Lipinski definition) is 0. The zero-order valence-corrected chi connectivity index (χ0v) is 49.5. The molecule has 396 valence electrons. The Balaban J connectivity index is 1.17. The minimum Gasteiger partial charge on any atom is -0.311 e. The van der Waals surface area contributed by atoms with Gasteiger partial charge in [0.1, 0.15) is 0 Å². The van der Waals surface area contributed by atoms with Crippen LogP contribution in [0.4, 0.5) is 34.1 Å². The van der Waals surface area contributed by atoms with E-state index in [4.69, 9.17) is 0 Å². The van der Waals surface area contributed by atoms with E-state index >= 15 is 0 Å². The average Bonchev–Trinajstić information content (AvgIpc) is 3.06. The van der Waals surface area contributed by atoms with Crippen LogP contribution in [0.2, 0.25) is 0 Å². The summed E-state index contributed by atoms with van der Waals surface area (Å²) < 4.78 is 2.53. The molecule has 0 bridgehead atoms. The predicted molar refractivity (Wildman–Crippen MR) is 339 cm³/mol. The number of benzene rings is 8. The van der Waals surface area contributed by atoms with Gasteiger partial charge in [-0.25, -0.2) is 0 Å². The van der Waals surface area contributed by atoms with Gasteiger partial charge >= 0.3 is 0 Å². The predicted octanol–water partition coefficient (Wildman–Crippen LogP) is 18.6. The van der Waals surface area contributed by atoms with Gasteiger partial charge in [-0.05, 0) is 169 Å². The highest BCUT2D eigenvalue weighted by Crippen LogP contribution is 2.53. The van der Waals surface area contributed by atoms with E-state index in [0.29, 0.717) is 0 Å². The molecule has 1 fully saturated rings. The summed E-state index contributed by atoms with van der Waals surface area (Å²) >= 11 is 0. The van der Waals surface area contributed by atoms with E-state index in [1.807, 2.05) is 0 Å². The fourth-order valence-electron chi connectivity index (χ4n) is 13.7. The number of nitrogens with zero attached hydrogens (tertiary/aromatic N) is 3. The second kappa shape index (κ2) is 18.1. The van der Waals surface area contributed by atoms with Crippen molar-refractivity contribution in [3.8, 4) is 5.69 Å². The fourth-order valence-corrected chi connectivity index (χ4v) is 13.7. The van der Waals surface area contributed by atoms with Crippen molar-refractivity contribution >= 4 is 79.0 Å². The van der Waals surface area contributed by atoms with E-state index in [-0.39, 0.29) is 39.2 Å². The van der Waals surface area contributed by atoms with Crippen molar-refractivity contribution in [2.75, 3.05) is 9.80 Å². The van der Waals surface area contributed by atoms with Crippen LogP contribution in [0.3, 0.4) is 0 Å². The standard InChI is InChI=1S/C74H82BN3/c1-69(2,3)48-23-31-53(32-24-48)76(54-33-25-49(26-34-54)70(4,5)6)57-39-40-61-59(47-57)74(43-19-16-20-44-74)60-45-52(73(13,14)15)46-65-67(60)75(61)62-41-42-64-66(68(62)78(65)56-37-29-51(30-38-56)72(10,11)12)58-21-17-18-22-63(58)77(64)55-35-27-50(28-36-55)71(7,8)9/h17-18,21-42,45-47H,16,19-20,43-44H2,1-15H3. The minimum absolute atomic E-state index is 0.0175. The Kier molecular flexibility index (Phi) is 12.1. The van der Waals surface area contributed by atoms with Crippen LogP contribution in [0.1, 0.15) is 175 Å². The maximum atomic E-state index is 2.72. The molecule has 4 heteroatoms. The molecule has 9 aromatic rings. The van der Waals surface area contributed by atoms with Crippen LogP contribution in [-0.2, 0) is 32.5 Å². The minimum atomic E-state index is -0.165. The van der Waals surface area contributed by atoms with Gasteiger partial charge in [0.2, 0.25) is 6.71 Å². The van der Waals surface area contributed by atoms with Gasteiger partial charge in [0.05, 0.1) is 16.7 Å². The van der Waals surface area contributed by atoms with Crippen LogP contribution in [-0.4, -0.2) is 11.3 Å². The van der Waals surface area contributed by atoms with Crippen LogP contribution in [0.25, 0.3) is 27.5 Å². The molecule has 0 unspecified atom stereocenters. The number of para-hydroxylation sites is 1. The molecule has 1 aliphatic carbocycles. The van der Waals surface area contributed by atoms with Crippen LogP contribution >= 0.6 is 0 Å². The second-order valence-corrected chi connectivity index (χ2v) is 28.7. The molecule has 3 heterocycles. The summed E-state index contributed by atoms with van der Waals surface area (Å²) in [6.07, 6.45) is 5.94. The molecule has 3 aliphatic rings. The molecule has 2 aliphatic heterocycles. The van der Waals surface area contributed by atoms with Gasteiger partial charge in [-0.2, -0.15) is 0 Å². The third-order valence-electron chi connectivity index (χ3n) is 18.2. The maximum Gasteiger partial charge on any atom is 0.247 e. The zero-order valence-electron chi connectivity index (χ0n) is 49.5. The third kappa shape index (κ3) is 8.54. The first-order valence-electron chi connectivity index (χ1n) is 29.3. The molecule has 0 atom stereocenters. The van der Waals surface area contributed by atoms with E-state index in [1.165, 1.54) is 131 Å². The summed E-state index contributed by atoms with van der Waals surface area (Å²) in [6, 6.07) is 64.9. The lowest BCUT2D eigenvalue weighted by molar-refractivity contribution is 0.347. The van der Waals surface area contributed by atoms with Crippen LogP contribution in [0.15, 0.2) is 164 Å².